The van der Waals surface area contributed by atoms with Gasteiger partial charge < -0.3 is 15.5 Å². The van der Waals surface area contributed by atoms with Gasteiger partial charge in [0, 0.05) is 12.6 Å². The van der Waals surface area contributed by atoms with Gasteiger partial charge in [0.05, 0.1) is 6.04 Å². The van der Waals surface area contributed by atoms with Gasteiger partial charge in [0.25, 0.3) is 0 Å². The van der Waals surface area contributed by atoms with Crippen molar-refractivity contribution in [1.29, 1.82) is 0 Å². The van der Waals surface area contributed by atoms with Crippen LogP contribution in [0.4, 0.5) is 0 Å². The Kier molecular flexibility index (Phi) is 6.52. The molecule has 1 aliphatic heterocycles. The third-order valence-corrected chi connectivity index (χ3v) is 3.50. The molecule has 0 aliphatic carbocycles. The van der Waals surface area contributed by atoms with Gasteiger partial charge >= 0.3 is 0 Å². The molecular weight excluding hydrogens is 214 g/mol. The Hall–Kier alpha value is -0.610. The average Bonchev–Trinajstić information content (AvgIpc) is 2.54. The summed E-state index contributed by atoms with van der Waals surface area (Å²) in [7, 11) is 0. The molecule has 0 spiro atoms. The monoisotopic (exact) mass is 241 g/mol. The molecule has 0 aromatic carbocycles. The van der Waals surface area contributed by atoms with E-state index in [1.165, 1.54) is 19.4 Å². The summed E-state index contributed by atoms with van der Waals surface area (Å²) in [4.78, 5) is 14.1. The fourth-order valence-electron chi connectivity index (χ4n) is 2.40. The first kappa shape index (κ1) is 14.5. The van der Waals surface area contributed by atoms with Crippen LogP contribution in [-0.4, -0.2) is 49.1 Å². The van der Waals surface area contributed by atoms with E-state index >= 15 is 0 Å². The predicted octanol–water partition coefficient (Wildman–Crippen LogP) is 0.975. The summed E-state index contributed by atoms with van der Waals surface area (Å²) in [5, 5.41) is 6.31. The minimum Gasteiger partial charge on any atom is -0.355 e. The van der Waals surface area contributed by atoms with E-state index in [4.69, 9.17) is 0 Å². The summed E-state index contributed by atoms with van der Waals surface area (Å²) in [5.41, 5.74) is 0. The Morgan fingerprint density at radius 2 is 2.12 bits per heavy atom. The van der Waals surface area contributed by atoms with Crippen LogP contribution in [0.5, 0.6) is 0 Å². The predicted molar refractivity (Wildman–Crippen MR) is 71.0 cm³/mol. The van der Waals surface area contributed by atoms with Crippen molar-refractivity contribution in [3.05, 3.63) is 0 Å². The summed E-state index contributed by atoms with van der Waals surface area (Å²) >= 11 is 0. The van der Waals surface area contributed by atoms with Crippen LogP contribution in [0.1, 0.15) is 40.0 Å². The smallest absolute Gasteiger partial charge is 0.236 e. The van der Waals surface area contributed by atoms with Crippen LogP contribution < -0.4 is 10.6 Å². The molecule has 2 N–H and O–H groups in total. The lowest BCUT2D eigenvalue weighted by Gasteiger charge is -2.21. The van der Waals surface area contributed by atoms with E-state index in [2.05, 4.69) is 22.5 Å². The zero-order chi connectivity index (χ0) is 12.7. The maximum Gasteiger partial charge on any atom is 0.236 e. The molecule has 17 heavy (non-hydrogen) atoms. The van der Waals surface area contributed by atoms with E-state index in [-0.39, 0.29) is 11.9 Å². The number of amides is 1. The van der Waals surface area contributed by atoms with Crippen molar-refractivity contribution in [2.24, 2.45) is 0 Å². The second kappa shape index (κ2) is 7.67. The van der Waals surface area contributed by atoms with Crippen LogP contribution in [0.25, 0.3) is 0 Å². The number of carbonyl (C=O) groups excluding carboxylic acids is 1. The molecule has 1 rings (SSSR count). The van der Waals surface area contributed by atoms with Crippen LogP contribution in [0, 0.1) is 0 Å². The van der Waals surface area contributed by atoms with Crippen molar-refractivity contribution in [1.82, 2.24) is 15.5 Å². The quantitative estimate of drug-likeness (QED) is 0.754. The number of nitrogens with one attached hydrogen (secondary N) is 2. The lowest BCUT2D eigenvalue weighted by molar-refractivity contribution is -0.122. The molecule has 1 amide bonds. The third-order valence-electron chi connectivity index (χ3n) is 3.50. The molecule has 2 unspecified atom stereocenters. The lowest BCUT2D eigenvalue weighted by atomic mass is 10.1. The summed E-state index contributed by atoms with van der Waals surface area (Å²) in [6, 6.07) is 0.414. The molecule has 4 heteroatoms. The first-order valence-corrected chi connectivity index (χ1v) is 6.93. The van der Waals surface area contributed by atoms with Crippen molar-refractivity contribution in [3.63, 3.8) is 0 Å². The van der Waals surface area contributed by atoms with Gasteiger partial charge in [-0.25, -0.2) is 0 Å². The molecule has 0 saturated carbocycles. The second-order valence-corrected chi connectivity index (χ2v) is 4.85. The molecule has 4 nitrogen and oxygen atoms in total. The number of rotatable bonds is 5. The maximum absolute atomic E-state index is 11.6. The van der Waals surface area contributed by atoms with Gasteiger partial charge in [0.1, 0.15) is 0 Å². The Labute approximate surface area is 105 Å². The largest absolute Gasteiger partial charge is 0.355 e. The average molecular weight is 241 g/mol. The molecule has 0 aromatic heterocycles. The Morgan fingerprint density at radius 3 is 2.76 bits per heavy atom. The molecule has 2 atom stereocenters. The van der Waals surface area contributed by atoms with E-state index in [1.54, 1.807) is 0 Å². The van der Waals surface area contributed by atoms with Crippen LogP contribution in [0.2, 0.25) is 0 Å². The topological polar surface area (TPSA) is 44.4 Å². The van der Waals surface area contributed by atoms with Crippen molar-refractivity contribution >= 4 is 5.91 Å². The molecule has 1 saturated heterocycles. The molecule has 100 valence electrons. The number of likely N-dealkylation sites (N-methyl/N-ethyl adjacent to an activating group) is 1. The van der Waals surface area contributed by atoms with Gasteiger partial charge in [-0.1, -0.05) is 6.92 Å². The number of nitrogens with zero attached hydrogens (tertiary/aromatic N) is 1. The molecule has 1 aliphatic rings. The van der Waals surface area contributed by atoms with E-state index in [0.29, 0.717) is 12.6 Å². The minimum absolute atomic E-state index is 0.0758. The van der Waals surface area contributed by atoms with Gasteiger partial charge in [0.15, 0.2) is 0 Å². The first-order chi connectivity index (χ1) is 8.17. The lowest BCUT2D eigenvalue weighted by Crippen LogP contribution is -2.46. The normalized spacial score (nSPS) is 24.1. The van der Waals surface area contributed by atoms with Gasteiger partial charge in [0.2, 0.25) is 5.91 Å². The number of carbonyl (C=O) groups is 1. The summed E-state index contributed by atoms with van der Waals surface area (Å²) < 4.78 is 0. The first-order valence-electron chi connectivity index (χ1n) is 6.93. The van der Waals surface area contributed by atoms with Crippen molar-refractivity contribution < 1.29 is 4.79 Å². The van der Waals surface area contributed by atoms with Gasteiger partial charge in [-0.15, -0.1) is 0 Å². The summed E-state index contributed by atoms with van der Waals surface area (Å²) in [6.45, 7) is 10.3. The highest BCUT2D eigenvalue weighted by atomic mass is 16.2. The molecule has 0 aromatic rings. The summed E-state index contributed by atoms with van der Waals surface area (Å²) in [6.07, 6.45) is 3.56. The number of hydrogen-bond donors (Lipinski definition) is 2. The van der Waals surface area contributed by atoms with Gasteiger partial charge in [-0.2, -0.15) is 0 Å². The highest BCUT2D eigenvalue weighted by Gasteiger charge is 2.20. The van der Waals surface area contributed by atoms with E-state index in [0.717, 1.165) is 19.5 Å². The SMILES string of the molecule is CCNC(=O)C(C)NC1CCCN(CC)CC1. The summed E-state index contributed by atoms with van der Waals surface area (Å²) in [5.74, 6) is 0.115. The number of hydrogen-bond acceptors (Lipinski definition) is 3. The van der Waals surface area contributed by atoms with Gasteiger partial charge in [-0.3, -0.25) is 4.79 Å². The Balaban J connectivity index is 2.33. The molecule has 0 radical (unpaired) electrons. The Morgan fingerprint density at radius 1 is 1.35 bits per heavy atom. The van der Waals surface area contributed by atoms with Crippen LogP contribution >= 0.6 is 0 Å². The van der Waals surface area contributed by atoms with E-state index in [1.807, 2.05) is 13.8 Å². The van der Waals surface area contributed by atoms with Gasteiger partial charge in [-0.05, 0) is 52.7 Å². The molecule has 1 heterocycles. The fourth-order valence-corrected chi connectivity index (χ4v) is 2.40. The molecule has 1 fully saturated rings. The highest BCUT2D eigenvalue weighted by Crippen LogP contribution is 2.11. The van der Waals surface area contributed by atoms with Crippen LogP contribution in [-0.2, 0) is 4.79 Å². The van der Waals surface area contributed by atoms with Crippen LogP contribution in [0.15, 0.2) is 0 Å². The van der Waals surface area contributed by atoms with E-state index in [9.17, 15) is 4.79 Å². The maximum atomic E-state index is 11.6. The standard InChI is InChI=1S/C13H27N3O/c1-4-14-13(17)11(3)15-12-7-6-9-16(5-2)10-8-12/h11-12,15H,4-10H2,1-3H3,(H,14,17). The number of likely N-dealkylation sites (tertiary alicyclic amines) is 1. The zero-order valence-electron chi connectivity index (χ0n) is 11.5. The highest BCUT2D eigenvalue weighted by molar-refractivity contribution is 5.81. The van der Waals surface area contributed by atoms with Crippen molar-refractivity contribution in [2.45, 2.75) is 52.1 Å². The fraction of sp³-hybridized carbons (Fsp3) is 0.923. The minimum atomic E-state index is -0.0758. The third kappa shape index (κ3) is 5.04. The van der Waals surface area contributed by atoms with Crippen molar-refractivity contribution in [3.8, 4) is 0 Å². The molecular formula is C13H27N3O. The van der Waals surface area contributed by atoms with E-state index < -0.39 is 0 Å². The second-order valence-electron chi connectivity index (χ2n) is 4.85. The Bertz CT molecular complexity index is 233. The zero-order valence-corrected chi connectivity index (χ0v) is 11.5. The van der Waals surface area contributed by atoms with Crippen molar-refractivity contribution in [2.75, 3.05) is 26.2 Å². The van der Waals surface area contributed by atoms with Crippen LogP contribution in [0.3, 0.4) is 0 Å². The molecule has 0 bridgehead atoms.